The van der Waals surface area contributed by atoms with Gasteiger partial charge in [0.1, 0.15) is 12.2 Å². The molecule has 0 aromatic carbocycles. The Labute approximate surface area is 96.6 Å². The van der Waals surface area contributed by atoms with Crippen molar-refractivity contribution in [3.63, 3.8) is 0 Å². The molecule has 0 radical (unpaired) electrons. The molecular weight excluding hydrogens is 212 g/mol. The van der Waals surface area contributed by atoms with E-state index < -0.39 is 6.10 Å². The molecule has 96 valence electrons. The zero-order valence-electron chi connectivity index (χ0n) is 9.89. The van der Waals surface area contributed by atoms with Crippen LogP contribution in [-0.4, -0.2) is 64.1 Å². The number of epoxide rings is 1. The van der Waals surface area contributed by atoms with E-state index in [1.807, 2.05) is 0 Å². The van der Waals surface area contributed by atoms with E-state index in [9.17, 15) is 5.11 Å². The van der Waals surface area contributed by atoms with E-state index in [1.165, 1.54) is 0 Å². The maximum absolute atomic E-state index is 9.27. The SMILES string of the molecule is COCC(O)COCCCCOCC1CO1. The monoisotopic (exact) mass is 234 g/mol. The molecule has 1 aliphatic heterocycles. The molecular formula is C11H22O5. The second-order valence-corrected chi connectivity index (χ2v) is 3.92. The molecule has 5 heteroatoms. The van der Waals surface area contributed by atoms with Crippen LogP contribution in [0.3, 0.4) is 0 Å². The van der Waals surface area contributed by atoms with Crippen molar-refractivity contribution < 1.29 is 24.1 Å². The first-order valence-electron chi connectivity index (χ1n) is 5.77. The molecule has 0 saturated carbocycles. The molecule has 1 heterocycles. The van der Waals surface area contributed by atoms with Crippen molar-refractivity contribution in [3.05, 3.63) is 0 Å². The van der Waals surface area contributed by atoms with E-state index in [4.69, 9.17) is 18.9 Å². The van der Waals surface area contributed by atoms with E-state index in [1.54, 1.807) is 7.11 Å². The summed E-state index contributed by atoms with van der Waals surface area (Å²) in [5, 5.41) is 9.27. The summed E-state index contributed by atoms with van der Waals surface area (Å²) in [5.74, 6) is 0. The largest absolute Gasteiger partial charge is 0.388 e. The molecule has 1 saturated heterocycles. The predicted octanol–water partition coefficient (Wildman–Crippen LogP) is 0.206. The van der Waals surface area contributed by atoms with Gasteiger partial charge in [0.15, 0.2) is 0 Å². The quantitative estimate of drug-likeness (QED) is 0.409. The fraction of sp³-hybridized carbons (Fsp3) is 1.00. The van der Waals surface area contributed by atoms with Gasteiger partial charge >= 0.3 is 0 Å². The Hall–Kier alpha value is -0.200. The highest BCUT2D eigenvalue weighted by Crippen LogP contribution is 2.08. The Morgan fingerprint density at radius 3 is 2.56 bits per heavy atom. The Morgan fingerprint density at radius 1 is 1.25 bits per heavy atom. The van der Waals surface area contributed by atoms with Gasteiger partial charge in [0, 0.05) is 20.3 Å². The molecule has 1 N–H and O–H groups in total. The summed E-state index contributed by atoms with van der Waals surface area (Å²) in [6, 6.07) is 0. The van der Waals surface area contributed by atoms with Gasteiger partial charge in [-0.2, -0.15) is 0 Å². The van der Waals surface area contributed by atoms with Crippen LogP contribution >= 0.6 is 0 Å². The van der Waals surface area contributed by atoms with Crippen molar-refractivity contribution in [2.45, 2.75) is 25.0 Å². The van der Waals surface area contributed by atoms with Crippen LogP contribution in [0.1, 0.15) is 12.8 Å². The number of unbranched alkanes of at least 4 members (excludes halogenated alkanes) is 1. The third-order valence-corrected chi connectivity index (χ3v) is 2.20. The van der Waals surface area contributed by atoms with E-state index in [2.05, 4.69) is 0 Å². The average Bonchev–Trinajstić information content (AvgIpc) is 3.06. The Morgan fingerprint density at radius 2 is 1.94 bits per heavy atom. The van der Waals surface area contributed by atoms with Crippen LogP contribution in [-0.2, 0) is 18.9 Å². The molecule has 0 aromatic heterocycles. The van der Waals surface area contributed by atoms with Gasteiger partial charge in [-0.1, -0.05) is 0 Å². The van der Waals surface area contributed by atoms with Crippen LogP contribution in [0.5, 0.6) is 0 Å². The minimum Gasteiger partial charge on any atom is -0.388 e. The number of hydrogen-bond acceptors (Lipinski definition) is 5. The zero-order chi connectivity index (χ0) is 11.6. The standard InChI is InChI=1S/C11H22O5/c1-13-6-10(12)7-14-4-2-3-5-15-8-11-9-16-11/h10-12H,2-9H2,1H3. The molecule has 1 rings (SSSR count). The molecule has 16 heavy (non-hydrogen) atoms. The molecule has 1 fully saturated rings. The number of aliphatic hydroxyl groups excluding tert-OH is 1. The van der Waals surface area contributed by atoms with Crippen LogP contribution in [0.25, 0.3) is 0 Å². The van der Waals surface area contributed by atoms with E-state index >= 15 is 0 Å². The van der Waals surface area contributed by atoms with Gasteiger partial charge in [-0.15, -0.1) is 0 Å². The minimum atomic E-state index is -0.520. The Kier molecular flexibility index (Phi) is 7.71. The van der Waals surface area contributed by atoms with Crippen molar-refractivity contribution >= 4 is 0 Å². The lowest BCUT2D eigenvalue weighted by Gasteiger charge is -2.09. The summed E-state index contributed by atoms with van der Waals surface area (Å²) in [7, 11) is 1.56. The predicted molar refractivity (Wildman–Crippen MR) is 58.5 cm³/mol. The van der Waals surface area contributed by atoms with Crippen molar-refractivity contribution in [2.75, 3.05) is 46.8 Å². The molecule has 0 spiro atoms. The first kappa shape index (κ1) is 13.9. The van der Waals surface area contributed by atoms with Crippen LogP contribution in [0.15, 0.2) is 0 Å². The summed E-state index contributed by atoms with van der Waals surface area (Å²) in [4.78, 5) is 0. The van der Waals surface area contributed by atoms with E-state index in [0.717, 1.165) is 26.1 Å². The summed E-state index contributed by atoms with van der Waals surface area (Å²) in [6.45, 7) is 3.64. The summed E-state index contributed by atoms with van der Waals surface area (Å²) in [6.07, 6.45) is 1.76. The van der Waals surface area contributed by atoms with Crippen molar-refractivity contribution in [2.24, 2.45) is 0 Å². The summed E-state index contributed by atoms with van der Waals surface area (Å²) in [5.41, 5.74) is 0. The van der Waals surface area contributed by atoms with Crippen molar-refractivity contribution in [1.29, 1.82) is 0 Å². The fourth-order valence-electron chi connectivity index (χ4n) is 1.25. The number of rotatable bonds is 11. The molecule has 0 amide bonds. The molecule has 0 bridgehead atoms. The maximum Gasteiger partial charge on any atom is 0.104 e. The molecule has 0 aliphatic carbocycles. The zero-order valence-corrected chi connectivity index (χ0v) is 9.89. The van der Waals surface area contributed by atoms with Gasteiger partial charge in [-0.3, -0.25) is 0 Å². The van der Waals surface area contributed by atoms with Crippen LogP contribution in [0, 0.1) is 0 Å². The third-order valence-electron chi connectivity index (χ3n) is 2.20. The first-order valence-corrected chi connectivity index (χ1v) is 5.77. The lowest BCUT2D eigenvalue weighted by molar-refractivity contribution is -0.00802. The van der Waals surface area contributed by atoms with E-state index in [-0.39, 0.29) is 0 Å². The van der Waals surface area contributed by atoms with Gasteiger partial charge < -0.3 is 24.1 Å². The topological polar surface area (TPSA) is 60.5 Å². The van der Waals surface area contributed by atoms with Gasteiger partial charge in [0.2, 0.25) is 0 Å². The fourth-order valence-corrected chi connectivity index (χ4v) is 1.25. The number of aliphatic hydroxyl groups is 1. The number of methoxy groups -OCH3 is 1. The lowest BCUT2D eigenvalue weighted by Crippen LogP contribution is -2.21. The molecule has 1 aliphatic rings. The third kappa shape index (κ3) is 8.01. The molecule has 5 nitrogen and oxygen atoms in total. The summed E-state index contributed by atoms with van der Waals surface area (Å²) < 4.78 is 20.4. The van der Waals surface area contributed by atoms with Gasteiger partial charge in [0.25, 0.3) is 0 Å². The van der Waals surface area contributed by atoms with E-state index in [0.29, 0.717) is 32.5 Å². The average molecular weight is 234 g/mol. The number of hydrogen-bond donors (Lipinski definition) is 1. The molecule has 2 unspecified atom stereocenters. The maximum atomic E-state index is 9.27. The van der Waals surface area contributed by atoms with Crippen LogP contribution in [0.2, 0.25) is 0 Å². The Bertz CT molecular complexity index is 160. The van der Waals surface area contributed by atoms with Gasteiger partial charge in [-0.05, 0) is 12.8 Å². The Balaban J connectivity index is 1.70. The van der Waals surface area contributed by atoms with Gasteiger partial charge in [0.05, 0.1) is 26.4 Å². The lowest BCUT2D eigenvalue weighted by atomic mass is 10.3. The second-order valence-electron chi connectivity index (χ2n) is 3.92. The highest BCUT2D eigenvalue weighted by atomic mass is 16.6. The van der Waals surface area contributed by atoms with Crippen molar-refractivity contribution in [3.8, 4) is 0 Å². The first-order chi connectivity index (χ1) is 7.83. The smallest absolute Gasteiger partial charge is 0.104 e. The summed E-state index contributed by atoms with van der Waals surface area (Å²) >= 11 is 0. The van der Waals surface area contributed by atoms with Crippen LogP contribution < -0.4 is 0 Å². The normalized spacial score (nSPS) is 21.0. The molecule has 2 atom stereocenters. The van der Waals surface area contributed by atoms with Crippen molar-refractivity contribution in [1.82, 2.24) is 0 Å². The van der Waals surface area contributed by atoms with Crippen LogP contribution in [0.4, 0.5) is 0 Å². The second kappa shape index (κ2) is 8.90. The highest BCUT2D eigenvalue weighted by Gasteiger charge is 2.21. The molecule has 0 aromatic rings. The number of ether oxygens (including phenoxy) is 4. The van der Waals surface area contributed by atoms with Gasteiger partial charge in [-0.25, -0.2) is 0 Å². The minimum absolute atomic E-state index is 0.324. The highest BCUT2D eigenvalue weighted by molar-refractivity contribution is 4.66.